The zero-order chi connectivity index (χ0) is 24.8. The number of aromatic nitrogens is 3. The van der Waals surface area contributed by atoms with Crippen molar-refractivity contribution in [1.82, 2.24) is 20.1 Å². The Kier molecular flexibility index (Phi) is 7.51. The van der Waals surface area contributed by atoms with Crippen molar-refractivity contribution in [3.63, 3.8) is 0 Å². The minimum Gasteiger partial charge on any atom is -0.467 e. The van der Waals surface area contributed by atoms with E-state index in [1.807, 2.05) is 25.3 Å². The number of hydrogen-bond acceptors (Lipinski definition) is 6. The van der Waals surface area contributed by atoms with Crippen LogP contribution in [0.5, 0.6) is 0 Å². The molecule has 0 aliphatic carbocycles. The van der Waals surface area contributed by atoms with Gasteiger partial charge in [0.25, 0.3) is 0 Å². The molecule has 9 nitrogen and oxygen atoms in total. The summed E-state index contributed by atoms with van der Waals surface area (Å²) in [6, 6.07) is 16.3. The zero-order valence-electron chi connectivity index (χ0n) is 19.7. The van der Waals surface area contributed by atoms with Crippen molar-refractivity contribution in [1.29, 1.82) is 0 Å². The molecule has 0 bridgehead atoms. The molecule has 0 spiro atoms. The number of carbonyl (C=O) groups is 2. The number of rotatable bonds is 8. The summed E-state index contributed by atoms with van der Waals surface area (Å²) in [7, 11) is 0. The SMILES string of the molecule is Cc1ccc(C)c(-n2c(C)nnc2SCC(=O)Nc2ccc(NC(=O)NCc3ccco3)cc2)c1. The van der Waals surface area contributed by atoms with Crippen molar-refractivity contribution in [3.8, 4) is 5.69 Å². The zero-order valence-corrected chi connectivity index (χ0v) is 20.5. The summed E-state index contributed by atoms with van der Waals surface area (Å²) in [5.41, 5.74) is 4.48. The Labute approximate surface area is 207 Å². The quantitative estimate of drug-likeness (QED) is 0.305. The molecule has 4 aromatic rings. The maximum atomic E-state index is 12.5. The first kappa shape index (κ1) is 24.1. The number of urea groups is 1. The third-order valence-corrected chi connectivity index (χ3v) is 6.09. The van der Waals surface area contributed by atoms with Gasteiger partial charge in [-0.25, -0.2) is 4.79 Å². The summed E-state index contributed by atoms with van der Waals surface area (Å²) in [5, 5.41) is 17.4. The topological polar surface area (TPSA) is 114 Å². The summed E-state index contributed by atoms with van der Waals surface area (Å²) in [6.07, 6.45) is 1.55. The number of anilines is 2. The number of thioether (sulfide) groups is 1. The first-order chi connectivity index (χ1) is 16.9. The Morgan fingerprint density at radius 3 is 2.43 bits per heavy atom. The summed E-state index contributed by atoms with van der Waals surface area (Å²) in [4.78, 5) is 24.6. The van der Waals surface area contributed by atoms with Gasteiger partial charge in [0.2, 0.25) is 5.91 Å². The van der Waals surface area contributed by atoms with Crippen LogP contribution in [0.2, 0.25) is 0 Å². The normalized spacial score (nSPS) is 10.7. The minimum atomic E-state index is -0.349. The van der Waals surface area contributed by atoms with Crippen LogP contribution in [0.3, 0.4) is 0 Å². The van der Waals surface area contributed by atoms with Crippen molar-refractivity contribution < 1.29 is 14.0 Å². The Morgan fingerprint density at radius 2 is 1.71 bits per heavy atom. The van der Waals surface area contributed by atoms with Gasteiger partial charge < -0.3 is 20.4 Å². The molecule has 2 aromatic heterocycles. The summed E-state index contributed by atoms with van der Waals surface area (Å²) >= 11 is 1.32. The highest BCUT2D eigenvalue weighted by Crippen LogP contribution is 2.25. The van der Waals surface area contributed by atoms with Crippen LogP contribution in [0, 0.1) is 20.8 Å². The number of amides is 3. The lowest BCUT2D eigenvalue weighted by molar-refractivity contribution is -0.113. The van der Waals surface area contributed by atoms with Crippen molar-refractivity contribution in [3.05, 3.63) is 83.6 Å². The summed E-state index contributed by atoms with van der Waals surface area (Å²) in [5.74, 6) is 1.44. The molecule has 0 saturated carbocycles. The maximum absolute atomic E-state index is 12.5. The van der Waals surface area contributed by atoms with E-state index in [1.54, 1.807) is 42.7 Å². The van der Waals surface area contributed by atoms with Gasteiger partial charge in [-0.15, -0.1) is 10.2 Å². The minimum absolute atomic E-state index is 0.167. The molecule has 0 saturated heterocycles. The van der Waals surface area contributed by atoms with Crippen LogP contribution in [0.15, 0.2) is 70.4 Å². The largest absolute Gasteiger partial charge is 0.467 e. The van der Waals surface area contributed by atoms with Gasteiger partial charge >= 0.3 is 6.03 Å². The molecule has 0 aliphatic rings. The molecule has 2 heterocycles. The summed E-state index contributed by atoms with van der Waals surface area (Å²) in [6.45, 7) is 6.26. The Hall–Kier alpha value is -4.05. The van der Waals surface area contributed by atoms with Crippen molar-refractivity contribution >= 4 is 35.1 Å². The lowest BCUT2D eigenvalue weighted by atomic mass is 10.1. The van der Waals surface area contributed by atoms with Crippen LogP contribution >= 0.6 is 11.8 Å². The molecule has 180 valence electrons. The van der Waals surface area contributed by atoms with Gasteiger partial charge in [0.1, 0.15) is 11.6 Å². The third-order valence-electron chi connectivity index (χ3n) is 5.16. The molecule has 3 N–H and O–H groups in total. The van der Waals surface area contributed by atoms with Crippen LogP contribution in [0.25, 0.3) is 5.69 Å². The van der Waals surface area contributed by atoms with Crippen LogP contribution in [0.1, 0.15) is 22.7 Å². The average Bonchev–Trinajstić information content (AvgIpc) is 3.49. The second kappa shape index (κ2) is 10.9. The van der Waals surface area contributed by atoms with E-state index < -0.39 is 0 Å². The molecule has 0 aliphatic heterocycles. The Balaban J connectivity index is 1.30. The summed E-state index contributed by atoms with van der Waals surface area (Å²) < 4.78 is 7.15. The Morgan fingerprint density at radius 1 is 0.971 bits per heavy atom. The molecule has 0 radical (unpaired) electrons. The van der Waals surface area contributed by atoms with E-state index in [-0.39, 0.29) is 17.7 Å². The first-order valence-electron chi connectivity index (χ1n) is 11.0. The number of hydrogen-bond donors (Lipinski definition) is 3. The molecule has 35 heavy (non-hydrogen) atoms. The highest BCUT2D eigenvalue weighted by Gasteiger charge is 2.15. The van der Waals surface area contributed by atoms with Crippen molar-refractivity contribution in [2.75, 3.05) is 16.4 Å². The molecular weight excluding hydrogens is 464 g/mol. The number of nitrogens with zero attached hydrogens (tertiary/aromatic N) is 3. The highest BCUT2D eigenvalue weighted by atomic mass is 32.2. The molecule has 0 atom stereocenters. The smallest absolute Gasteiger partial charge is 0.319 e. The van der Waals surface area contributed by atoms with E-state index in [0.717, 1.165) is 22.6 Å². The van der Waals surface area contributed by atoms with Gasteiger partial charge in [-0.2, -0.15) is 0 Å². The molecule has 10 heteroatoms. The lowest BCUT2D eigenvalue weighted by Gasteiger charge is -2.12. The van der Waals surface area contributed by atoms with Gasteiger partial charge in [0.15, 0.2) is 5.16 Å². The van der Waals surface area contributed by atoms with E-state index in [0.29, 0.717) is 28.8 Å². The fraction of sp³-hybridized carbons (Fsp3) is 0.200. The second-order valence-electron chi connectivity index (χ2n) is 7.96. The fourth-order valence-corrected chi connectivity index (χ4v) is 4.18. The van der Waals surface area contributed by atoms with Crippen LogP contribution in [-0.2, 0) is 11.3 Å². The van der Waals surface area contributed by atoms with Gasteiger partial charge in [-0.3, -0.25) is 9.36 Å². The van der Waals surface area contributed by atoms with E-state index in [9.17, 15) is 9.59 Å². The number of aryl methyl sites for hydroxylation is 3. The molecule has 0 fully saturated rings. The van der Waals surface area contributed by atoms with Gasteiger partial charge in [-0.1, -0.05) is 23.9 Å². The van der Waals surface area contributed by atoms with Gasteiger partial charge in [-0.05, 0) is 74.4 Å². The second-order valence-corrected chi connectivity index (χ2v) is 8.90. The number of carbonyl (C=O) groups excluding carboxylic acids is 2. The van der Waals surface area contributed by atoms with E-state index in [2.05, 4.69) is 44.3 Å². The lowest BCUT2D eigenvalue weighted by Crippen LogP contribution is -2.27. The fourth-order valence-electron chi connectivity index (χ4n) is 3.39. The first-order valence-corrected chi connectivity index (χ1v) is 12.0. The monoisotopic (exact) mass is 490 g/mol. The Bertz CT molecular complexity index is 1320. The molecule has 0 unspecified atom stereocenters. The average molecular weight is 491 g/mol. The number of furan rings is 1. The van der Waals surface area contributed by atoms with E-state index in [4.69, 9.17) is 4.42 Å². The predicted molar refractivity (Wildman–Crippen MR) is 136 cm³/mol. The van der Waals surface area contributed by atoms with Crippen molar-refractivity contribution in [2.24, 2.45) is 0 Å². The highest BCUT2D eigenvalue weighted by molar-refractivity contribution is 7.99. The van der Waals surface area contributed by atoms with E-state index in [1.165, 1.54) is 11.8 Å². The standard InChI is InChI=1S/C25H26N6O3S/c1-16-6-7-17(2)22(13-16)31-18(3)29-30-25(31)35-15-23(32)27-19-8-10-20(11-9-19)28-24(33)26-14-21-5-4-12-34-21/h4-13H,14-15H2,1-3H3,(H,27,32)(H2,26,28,33). The molecule has 3 amide bonds. The van der Waals surface area contributed by atoms with Crippen LogP contribution in [0.4, 0.5) is 16.2 Å². The molecule has 4 rings (SSSR count). The third kappa shape index (κ3) is 6.30. The van der Waals surface area contributed by atoms with Crippen LogP contribution in [-0.4, -0.2) is 32.5 Å². The van der Waals surface area contributed by atoms with E-state index >= 15 is 0 Å². The van der Waals surface area contributed by atoms with Crippen LogP contribution < -0.4 is 16.0 Å². The molecule has 2 aromatic carbocycles. The van der Waals surface area contributed by atoms with Gasteiger partial charge in [0, 0.05) is 11.4 Å². The van der Waals surface area contributed by atoms with Gasteiger partial charge in [0.05, 0.1) is 24.2 Å². The predicted octanol–water partition coefficient (Wildman–Crippen LogP) is 4.84. The maximum Gasteiger partial charge on any atom is 0.319 e. The number of nitrogens with one attached hydrogen (secondary N) is 3. The number of benzene rings is 2. The molecular formula is C25H26N6O3S. The van der Waals surface area contributed by atoms with Crippen molar-refractivity contribution in [2.45, 2.75) is 32.5 Å².